The van der Waals surface area contributed by atoms with Gasteiger partial charge in [-0.1, -0.05) is 26.0 Å². The molecule has 0 aliphatic heterocycles. The highest BCUT2D eigenvalue weighted by Gasteiger charge is 2.19. The number of rotatable bonds is 4. The average Bonchev–Trinajstić information content (AvgIpc) is 2.90. The maximum Gasteiger partial charge on any atom is 0.259 e. The van der Waals surface area contributed by atoms with Gasteiger partial charge in [0.2, 0.25) is 0 Å². The molecule has 1 N–H and O–H groups in total. The van der Waals surface area contributed by atoms with E-state index in [2.05, 4.69) is 24.3 Å². The molecule has 0 bridgehead atoms. The number of halogens is 1. The van der Waals surface area contributed by atoms with Crippen molar-refractivity contribution in [1.82, 2.24) is 9.78 Å². The minimum atomic E-state index is -0.307. The van der Waals surface area contributed by atoms with E-state index in [1.807, 2.05) is 31.2 Å². The van der Waals surface area contributed by atoms with Crippen LogP contribution in [0.5, 0.6) is 0 Å². The van der Waals surface area contributed by atoms with Crippen molar-refractivity contribution in [3.8, 4) is 5.69 Å². The number of aryl methyl sites for hydroxylation is 1. The topological polar surface area (TPSA) is 46.9 Å². The van der Waals surface area contributed by atoms with Crippen molar-refractivity contribution in [2.75, 3.05) is 5.32 Å². The Morgan fingerprint density at radius 2 is 1.65 bits per heavy atom. The third-order valence-corrected chi connectivity index (χ3v) is 4.42. The van der Waals surface area contributed by atoms with E-state index in [4.69, 9.17) is 0 Å². The Morgan fingerprint density at radius 1 is 1.04 bits per heavy atom. The molecule has 0 spiro atoms. The molecule has 5 heteroatoms. The third kappa shape index (κ3) is 3.52. The minimum absolute atomic E-state index is 0.203. The molecule has 1 amide bonds. The molecule has 4 nitrogen and oxygen atoms in total. The summed E-state index contributed by atoms with van der Waals surface area (Å²) in [6.45, 7) is 7.89. The van der Waals surface area contributed by atoms with E-state index >= 15 is 0 Å². The first-order valence-electron chi connectivity index (χ1n) is 8.60. The first-order chi connectivity index (χ1) is 12.4. The highest BCUT2D eigenvalue weighted by molar-refractivity contribution is 6.05. The summed E-state index contributed by atoms with van der Waals surface area (Å²) in [5.41, 5.74) is 4.55. The molecule has 0 aliphatic carbocycles. The molecule has 1 heterocycles. The largest absolute Gasteiger partial charge is 0.322 e. The van der Waals surface area contributed by atoms with Crippen molar-refractivity contribution >= 4 is 11.6 Å². The number of benzene rings is 2. The van der Waals surface area contributed by atoms with Crippen LogP contribution in [0.25, 0.3) is 5.69 Å². The molecule has 26 heavy (non-hydrogen) atoms. The van der Waals surface area contributed by atoms with Gasteiger partial charge in [-0.05, 0) is 61.7 Å². The zero-order chi connectivity index (χ0) is 18.8. The van der Waals surface area contributed by atoms with Crippen LogP contribution in [0.1, 0.15) is 47.1 Å². The lowest BCUT2D eigenvalue weighted by Crippen LogP contribution is -2.14. The highest BCUT2D eigenvalue weighted by atomic mass is 19.1. The standard InChI is InChI=1S/C21H22FN3O/c1-13(2)16-5-9-18(10-6-16)23-21(26)20-14(3)24-25(15(20)4)19-11-7-17(22)8-12-19/h5-13H,1-4H3,(H,23,26). The average molecular weight is 351 g/mol. The highest BCUT2D eigenvalue weighted by Crippen LogP contribution is 2.21. The quantitative estimate of drug-likeness (QED) is 0.719. The van der Waals surface area contributed by atoms with E-state index in [0.29, 0.717) is 28.6 Å². The molecule has 3 aromatic rings. The van der Waals surface area contributed by atoms with E-state index in [9.17, 15) is 9.18 Å². The lowest BCUT2D eigenvalue weighted by Gasteiger charge is -2.09. The smallest absolute Gasteiger partial charge is 0.259 e. The van der Waals surface area contributed by atoms with Crippen LogP contribution in [0.2, 0.25) is 0 Å². The fourth-order valence-electron chi connectivity index (χ4n) is 2.95. The molecular weight excluding hydrogens is 329 g/mol. The Balaban J connectivity index is 1.86. The molecule has 0 aliphatic rings. The van der Waals surface area contributed by atoms with Gasteiger partial charge in [-0.2, -0.15) is 5.10 Å². The minimum Gasteiger partial charge on any atom is -0.322 e. The number of amides is 1. The van der Waals surface area contributed by atoms with Gasteiger partial charge < -0.3 is 5.32 Å². The van der Waals surface area contributed by atoms with Crippen LogP contribution in [0, 0.1) is 19.7 Å². The summed E-state index contributed by atoms with van der Waals surface area (Å²) in [6.07, 6.45) is 0. The molecule has 1 aromatic heterocycles. The molecule has 0 saturated carbocycles. The van der Waals surface area contributed by atoms with Gasteiger partial charge in [-0.15, -0.1) is 0 Å². The molecule has 2 aromatic carbocycles. The van der Waals surface area contributed by atoms with Crippen LogP contribution in [0.4, 0.5) is 10.1 Å². The Kier molecular flexibility index (Phi) is 4.89. The summed E-state index contributed by atoms with van der Waals surface area (Å²) in [5, 5.41) is 7.37. The van der Waals surface area contributed by atoms with Gasteiger partial charge in [-0.3, -0.25) is 4.79 Å². The first kappa shape index (κ1) is 17.9. The molecule has 0 saturated heterocycles. The summed E-state index contributed by atoms with van der Waals surface area (Å²) in [6, 6.07) is 13.9. The number of carbonyl (C=O) groups is 1. The number of hydrogen-bond donors (Lipinski definition) is 1. The Morgan fingerprint density at radius 3 is 2.23 bits per heavy atom. The SMILES string of the molecule is Cc1nn(-c2ccc(F)cc2)c(C)c1C(=O)Nc1ccc(C(C)C)cc1. The van der Waals surface area contributed by atoms with Crippen LogP contribution in [-0.2, 0) is 0 Å². The Hall–Kier alpha value is -2.95. The van der Waals surface area contributed by atoms with E-state index in [1.165, 1.54) is 17.7 Å². The summed E-state index contributed by atoms with van der Waals surface area (Å²) < 4.78 is 14.8. The zero-order valence-corrected chi connectivity index (χ0v) is 15.4. The van der Waals surface area contributed by atoms with Gasteiger partial charge in [-0.25, -0.2) is 9.07 Å². The molecule has 0 atom stereocenters. The van der Waals surface area contributed by atoms with Crippen molar-refractivity contribution in [2.45, 2.75) is 33.6 Å². The molecule has 134 valence electrons. The normalized spacial score (nSPS) is 11.0. The third-order valence-electron chi connectivity index (χ3n) is 4.42. The van der Waals surface area contributed by atoms with Crippen LogP contribution in [0.15, 0.2) is 48.5 Å². The second-order valence-electron chi connectivity index (χ2n) is 6.66. The monoisotopic (exact) mass is 351 g/mol. The molecule has 0 radical (unpaired) electrons. The first-order valence-corrected chi connectivity index (χ1v) is 8.60. The van der Waals surface area contributed by atoms with Crippen LogP contribution >= 0.6 is 0 Å². The zero-order valence-electron chi connectivity index (χ0n) is 15.4. The maximum atomic E-state index is 13.1. The van der Waals surface area contributed by atoms with Gasteiger partial charge in [0.05, 0.1) is 22.6 Å². The predicted molar refractivity (Wildman–Crippen MR) is 101 cm³/mol. The summed E-state index contributed by atoms with van der Waals surface area (Å²) in [7, 11) is 0. The number of nitrogens with zero attached hydrogens (tertiary/aromatic N) is 2. The van der Waals surface area contributed by atoms with Gasteiger partial charge >= 0.3 is 0 Å². The van der Waals surface area contributed by atoms with Crippen molar-refractivity contribution < 1.29 is 9.18 Å². The fourth-order valence-corrected chi connectivity index (χ4v) is 2.95. The summed E-state index contributed by atoms with van der Waals surface area (Å²) in [5.74, 6) is -0.0677. The van der Waals surface area contributed by atoms with Gasteiger partial charge in [0.15, 0.2) is 0 Å². The number of hydrogen-bond acceptors (Lipinski definition) is 2. The molecule has 3 rings (SSSR count). The summed E-state index contributed by atoms with van der Waals surface area (Å²) in [4.78, 5) is 12.7. The van der Waals surface area contributed by atoms with E-state index < -0.39 is 0 Å². The molecule has 0 unspecified atom stereocenters. The summed E-state index contributed by atoms with van der Waals surface area (Å²) >= 11 is 0. The van der Waals surface area contributed by atoms with Crippen molar-refractivity contribution in [2.24, 2.45) is 0 Å². The molecule has 0 fully saturated rings. The van der Waals surface area contributed by atoms with E-state index in [0.717, 1.165) is 5.69 Å². The second-order valence-corrected chi connectivity index (χ2v) is 6.66. The Labute approximate surface area is 152 Å². The predicted octanol–water partition coefficient (Wildman–Crippen LogP) is 5.00. The van der Waals surface area contributed by atoms with E-state index in [1.54, 1.807) is 23.7 Å². The maximum absolute atomic E-state index is 13.1. The second kappa shape index (κ2) is 7.12. The van der Waals surface area contributed by atoms with Crippen molar-refractivity contribution in [3.05, 3.63) is 76.9 Å². The number of anilines is 1. The van der Waals surface area contributed by atoms with Crippen LogP contribution in [0.3, 0.4) is 0 Å². The van der Waals surface area contributed by atoms with Crippen molar-refractivity contribution in [1.29, 1.82) is 0 Å². The van der Waals surface area contributed by atoms with E-state index in [-0.39, 0.29) is 11.7 Å². The number of carbonyl (C=O) groups excluding carboxylic acids is 1. The fraction of sp³-hybridized carbons (Fsp3) is 0.238. The van der Waals surface area contributed by atoms with Gasteiger partial charge in [0.25, 0.3) is 5.91 Å². The molecular formula is C21H22FN3O. The number of nitrogens with one attached hydrogen (secondary N) is 1. The van der Waals surface area contributed by atoms with Crippen molar-refractivity contribution in [3.63, 3.8) is 0 Å². The lowest BCUT2D eigenvalue weighted by atomic mass is 10.0. The number of aromatic nitrogens is 2. The van der Waals surface area contributed by atoms with Crippen LogP contribution in [-0.4, -0.2) is 15.7 Å². The Bertz CT molecular complexity index is 925. The van der Waals surface area contributed by atoms with Gasteiger partial charge in [0.1, 0.15) is 5.82 Å². The van der Waals surface area contributed by atoms with Gasteiger partial charge in [0, 0.05) is 5.69 Å². The van der Waals surface area contributed by atoms with Crippen LogP contribution < -0.4 is 5.32 Å². The lowest BCUT2D eigenvalue weighted by molar-refractivity contribution is 0.102.